The van der Waals surface area contributed by atoms with E-state index < -0.39 is 24.0 Å². The Morgan fingerprint density at radius 3 is 2.78 bits per heavy atom. The van der Waals surface area contributed by atoms with Gasteiger partial charge in [-0.3, -0.25) is 4.79 Å². The Morgan fingerprint density at radius 2 is 2.33 bits per heavy atom. The molecule has 2 heterocycles. The van der Waals surface area contributed by atoms with Crippen LogP contribution in [0.5, 0.6) is 0 Å². The largest absolute Gasteiger partial charge is 1.00 e. The van der Waals surface area contributed by atoms with Gasteiger partial charge >= 0.3 is 51.4 Å². The minimum Gasteiger partial charge on any atom is -0.548 e. The third kappa shape index (κ3) is 2.29. The molecule has 4 atom stereocenters. The Hall–Kier alpha value is -0.234. The number of nitriles is 1. The van der Waals surface area contributed by atoms with Crippen molar-refractivity contribution >= 4 is 11.9 Å². The van der Waals surface area contributed by atoms with E-state index in [0.717, 1.165) is 6.08 Å². The number of hydrogen-bond acceptors (Lipinski definition) is 5. The Labute approximate surface area is 147 Å². The van der Waals surface area contributed by atoms with Gasteiger partial charge in [-0.2, -0.15) is 5.26 Å². The summed E-state index contributed by atoms with van der Waals surface area (Å²) >= 11 is 0. The predicted octanol–water partition coefficient (Wildman–Crippen LogP) is -4.83. The predicted molar refractivity (Wildman–Crippen MR) is 52.9 cm³/mol. The number of allylic oxidation sites excluding steroid dienone is 1. The van der Waals surface area contributed by atoms with Crippen LogP contribution in [0.15, 0.2) is 11.6 Å². The molecule has 6 nitrogen and oxygen atoms in total. The first-order valence-electron chi connectivity index (χ1n) is 5.28. The number of hydrogen-bond donors (Lipinski definition) is 1. The molecule has 1 N–H and O–H groups in total. The molecular weight excluding hydrogens is 263 g/mol. The molecule has 2 rings (SSSR count). The van der Waals surface area contributed by atoms with Crippen molar-refractivity contribution in [2.45, 2.75) is 31.5 Å². The number of carboxylic acids is 1. The van der Waals surface area contributed by atoms with Crippen LogP contribution in [-0.2, 0) is 9.59 Å². The molecule has 0 aliphatic carbocycles. The maximum atomic E-state index is 11.7. The van der Waals surface area contributed by atoms with E-state index in [2.05, 4.69) is 0 Å². The summed E-state index contributed by atoms with van der Waals surface area (Å²) in [5, 5.41) is 29.0. The van der Waals surface area contributed by atoms with Crippen molar-refractivity contribution < 1.29 is 71.2 Å². The van der Waals surface area contributed by atoms with Crippen LogP contribution in [0, 0.1) is 17.2 Å². The maximum Gasteiger partial charge on any atom is 1.00 e. The topological polar surface area (TPSA) is 104 Å². The molecular formula is C11H11KN2O4. The van der Waals surface area contributed by atoms with Gasteiger partial charge in [0, 0.05) is 6.08 Å². The minimum absolute atomic E-state index is 0. The molecule has 0 aromatic carbocycles. The normalized spacial score (nSPS) is 33.2. The van der Waals surface area contributed by atoms with Crippen LogP contribution < -0.4 is 56.5 Å². The number of fused-ring (bicyclic) bond motifs is 1. The summed E-state index contributed by atoms with van der Waals surface area (Å²) < 4.78 is 0. The summed E-state index contributed by atoms with van der Waals surface area (Å²) in [4.78, 5) is 23.9. The molecule has 90 valence electrons. The summed E-state index contributed by atoms with van der Waals surface area (Å²) in [6, 6.07) is 0.289. The van der Waals surface area contributed by atoms with Crippen molar-refractivity contribution in [3.05, 3.63) is 11.6 Å². The van der Waals surface area contributed by atoms with E-state index in [9.17, 15) is 19.8 Å². The molecule has 2 saturated heterocycles. The standard InChI is InChI=1S/C11H12N2O4.K/c1-5(14)8-7-4-6(2-3-12)9(11(16)17)13(7)10(8)15;/h2,5,7-9,14H,4H2,1H3,(H,16,17);/q;+1/p-1/b6-2+;/t5-,7-,8-,9-;/m1./s1. The molecule has 18 heavy (non-hydrogen) atoms. The minimum atomic E-state index is -1.38. The summed E-state index contributed by atoms with van der Waals surface area (Å²) in [5.41, 5.74) is 0.369. The summed E-state index contributed by atoms with van der Waals surface area (Å²) in [5.74, 6) is -2.34. The molecule has 1 amide bonds. The van der Waals surface area contributed by atoms with Gasteiger partial charge in [0.2, 0.25) is 5.91 Å². The van der Waals surface area contributed by atoms with Gasteiger partial charge in [-0.1, -0.05) is 0 Å². The molecule has 2 aliphatic rings. The Morgan fingerprint density at radius 1 is 1.72 bits per heavy atom. The smallest absolute Gasteiger partial charge is 0.548 e. The van der Waals surface area contributed by atoms with Gasteiger partial charge in [0.1, 0.15) is 0 Å². The second-order valence-corrected chi connectivity index (χ2v) is 4.35. The van der Waals surface area contributed by atoms with Crippen LogP contribution >= 0.6 is 0 Å². The van der Waals surface area contributed by atoms with Crippen molar-refractivity contribution in [1.29, 1.82) is 5.26 Å². The molecule has 0 aromatic heterocycles. The van der Waals surface area contributed by atoms with Gasteiger partial charge in [-0.05, 0) is 18.9 Å². The number of carbonyl (C=O) groups excluding carboxylic acids is 2. The number of aliphatic carboxylic acids is 1. The fraction of sp³-hybridized carbons (Fsp3) is 0.545. The third-order valence-electron chi connectivity index (χ3n) is 3.38. The van der Waals surface area contributed by atoms with Gasteiger partial charge in [0.15, 0.2) is 0 Å². The first-order chi connectivity index (χ1) is 7.99. The Bertz CT molecular complexity index is 454. The van der Waals surface area contributed by atoms with E-state index in [1.807, 2.05) is 0 Å². The number of β-lactam (4-membered cyclic amide) rings is 1. The van der Waals surface area contributed by atoms with Gasteiger partial charge < -0.3 is 19.9 Å². The quantitative estimate of drug-likeness (QED) is 0.309. The number of aliphatic hydroxyl groups excluding tert-OH is 1. The van der Waals surface area contributed by atoms with Crippen molar-refractivity contribution in [2.75, 3.05) is 0 Å². The summed E-state index contributed by atoms with van der Waals surface area (Å²) in [6.07, 6.45) is 0.645. The van der Waals surface area contributed by atoms with Crippen molar-refractivity contribution in [1.82, 2.24) is 4.90 Å². The van der Waals surface area contributed by atoms with Crippen LogP contribution in [0.25, 0.3) is 0 Å². The van der Waals surface area contributed by atoms with Crippen molar-refractivity contribution in [3.8, 4) is 6.07 Å². The summed E-state index contributed by atoms with van der Waals surface area (Å²) in [7, 11) is 0. The summed E-state index contributed by atoms with van der Waals surface area (Å²) in [6.45, 7) is 1.50. The zero-order valence-electron chi connectivity index (χ0n) is 10.2. The molecule has 7 heteroatoms. The molecule has 0 spiro atoms. The van der Waals surface area contributed by atoms with Crippen LogP contribution in [0.1, 0.15) is 13.3 Å². The number of carbonyl (C=O) groups is 2. The Balaban J connectivity index is 0.00000162. The number of carboxylic acid groups (broad SMARTS) is 1. The zero-order valence-corrected chi connectivity index (χ0v) is 13.3. The van der Waals surface area contributed by atoms with E-state index in [4.69, 9.17) is 5.26 Å². The molecule has 0 bridgehead atoms. The molecule has 0 aromatic rings. The Kier molecular flexibility index (Phi) is 5.11. The number of nitrogens with zero attached hydrogens (tertiary/aromatic N) is 2. The average Bonchev–Trinajstić information content (AvgIpc) is 2.53. The molecule has 0 unspecified atom stereocenters. The van der Waals surface area contributed by atoms with Crippen LogP contribution in [0.2, 0.25) is 0 Å². The van der Waals surface area contributed by atoms with Crippen molar-refractivity contribution in [2.24, 2.45) is 5.92 Å². The third-order valence-corrected chi connectivity index (χ3v) is 3.38. The van der Waals surface area contributed by atoms with E-state index in [-0.39, 0.29) is 63.3 Å². The van der Waals surface area contributed by atoms with E-state index in [1.165, 1.54) is 11.8 Å². The molecule has 2 aliphatic heterocycles. The van der Waals surface area contributed by atoms with Crippen LogP contribution in [0.3, 0.4) is 0 Å². The van der Waals surface area contributed by atoms with E-state index in [0.29, 0.717) is 12.0 Å². The molecule has 0 radical (unpaired) electrons. The van der Waals surface area contributed by atoms with Gasteiger partial charge in [-0.25, -0.2) is 0 Å². The number of rotatable bonds is 2. The van der Waals surface area contributed by atoms with E-state index in [1.54, 1.807) is 6.07 Å². The SMILES string of the molecule is C[C@@H](O)[C@H]1C(=O)N2[C@@H]1C/C(=C\C#N)[C@@H]2C(=O)[O-].[K+]. The number of amides is 1. The second kappa shape index (κ2) is 5.82. The average molecular weight is 274 g/mol. The zero-order chi connectivity index (χ0) is 12.7. The van der Waals surface area contributed by atoms with Gasteiger partial charge in [0.05, 0.1) is 36.1 Å². The fourth-order valence-electron chi connectivity index (χ4n) is 2.68. The maximum absolute atomic E-state index is 11.7. The molecule has 0 saturated carbocycles. The second-order valence-electron chi connectivity index (χ2n) is 4.35. The van der Waals surface area contributed by atoms with Crippen LogP contribution in [0.4, 0.5) is 0 Å². The number of aliphatic hydroxyl groups is 1. The molecule has 2 fully saturated rings. The first kappa shape index (κ1) is 15.8. The first-order valence-corrected chi connectivity index (χ1v) is 5.28. The fourth-order valence-corrected chi connectivity index (χ4v) is 2.68. The van der Waals surface area contributed by atoms with Crippen molar-refractivity contribution in [3.63, 3.8) is 0 Å². The monoisotopic (exact) mass is 274 g/mol. The van der Waals surface area contributed by atoms with Gasteiger partial charge in [0.25, 0.3) is 0 Å². The van der Waals surface area contributed by atoms with Gasteiger partial charge in [-0.15, -0.1) is 0 Å². The van der Waals surface area contributed by atoms with Crippen LogP contribution in [-0.4, -0.2) is 40.1 Å². The van der Waals surface area contributed by atoms with E-state index >= 15 is 0 Å².